The van der Waals surface area contributed by atoms with Gasteiger partial charge in [0.05, 0.1) is 10.6 Å². The molecule has 3 rings (SSSR count). The largest absolute Gasteiger partial charge is 0.338 e. The summed E-state index contributed by atoms with van der Waals surface area (Å²) in [5.74, 6) is -0.167. The van der Waals surface area contributed by atoms with E-state index in [-0.39, 0.29) is 11.7 Å². The molecule has 1 atom stereocenters. The van der Waals surface area contributed by atoms with E-state index in [1.165, 1.54) is 12.1 Å². The van der Waals surface area contributed by atoms with Crippen LogP contribution in [0.25, 0.3) is 0 Å². The highest BCUT2D eigenvalue weighted by molar-refractivity contribution is 9.10. The second-order valence-corrected chi connectivity index (χ2v) is 6.80. The summed E-state index contributed by atoms with van der Waals surface area (Å²) in [7, 11) is 1.81. The molecule has 0 spiro atoms. The first-order valence-corrected chi connectivity index (χ1v) is 8.61. The molecular formula is C18H14BrClFN3O. The van der Waals surface area contributed by atoms with Gasteiger partial charge in [-0.15, -0.1) is 0 Å². The van der Waals surface area contributed by atoms with Gasteiger partial charge >= 0.3 is 0 Å². The van der Waals surface area contributed by atoms with Crippen LogP contribution in [0.4, 0.5) is 4.39 Å². The maximum Gasteiger partial charge on any atom is 0.253 e. The number of nitrogens with zero attached hydrogens (tertiary/aromatic N) is 2. The number of imidazole rings is 1. The number of aryl methyl sites for hydroxylation is 1. The van der Waals surface area contributed by atoms with Gasteiger partial charge in [0.1, 0.15) is 17.7 Å². The molecule has 0 fully saturated rings. The molecule has 1 heterocycles. The lowest BCUT2D eigenvalue weighted by molar-refractivity contribution is 0.0941. The Hall–Kier alpha value is -2.18. The number of benzene rings is 2. The summed E-state index contributed by atoms with van der Waals surface area (Å²) < 4.78 is 16.2. The van der Waals surface area contributed by atoms with E-state index in [0.717, 1.165) is 4.47 Å². The molecule has 0 radical (unpaired) electrons. The average molecular weight is 423 g/mol. The number of amides is 1. The Labute approximate surface area is 157 Å². The molecule has 0 saturated carbocycles. The maximum atomic E-state index is 13.7. The van der Waals surface area contributed by atoms with Gasteiger partial charge in [0.25, 0.3) is 5.91 Å². The third kappa shape index (κ3) is 3.91. The van der Waals surface area contributed by atoms with Crippen LogP contribution in [0.3, 0.4) is 0 Å². The summed E-state index contributed by atoms with van der Waals surface area (Å²) in [6.07, 6.45) is 3.39. The van der Waals surface area contributed by atoms with Crippen molar-refractivity contribution in [3.05, 3.63) is 87.1 Å². The van der Waals surface area contributed by atoms with E-state index in [9.17, 15) is 9.18 Å². The Morgan fingerprint density at radius 3 is 2.80 bits per heavy atom. The van der Waals surface area contributed by atoms with Gasteiger partial charge in [0, 0.05) is 23.9 Å². The van der Waals surface area contributed by atoms with Crippen molar-refractivity contribution in [3.63, 3.8) is 0 Å². The molecule has 25 heavy (non-hydrogen) atoms. The number of hydrogen-bond donors (Lipinski definition) is 1. The highest BCUT2D eigenvalue weighted by Gasteiger charge is 2.23. The number of aromatic nitrogens is 2. The molecular weight excluding hydrogens is 409 g/mol. The minimum Gasteiger partial charge on any atom is -0.338 e. The molecule has 4 nitrogen and oxygen atoms in total. The molecule has 0 saturated heterocycles. The van der Waals surface area contributed by atoms with Crippen molar-refractivity contribution in [1.82, 2.24) is 14.9 Å². The monoisotopic (exact) mass is 421 g/mol. The number of hydrogen-bond acceptors (Lipinski definition) is 2. The number of carbonyl (C=O) groups is 1. The summed E-state index contributed by atoms with van der Waals surface area (Å²) in [4.78, 5) is 17.0. The minimum absolute atomic E-state index is 0.326. The van der Waals surface area contributed by atoms with Crippen molar-refractivity contribution < 1.29 is 9.18 Å². The number of carbonyl (C=O) groups excluding carboxylic acids is 1. The topological polar surface area (TPSA) is 46.9 Å². The lowest BCUT2D eigenvalue weighted by Crippen LogP contribution is -2.31. The summed E-state index contributed by atoms with van der Waals surface area (Å²) in [6.45, 7) is 0. The van der Waals surface area contributed by atoms with Crippen LogP contribution < -0.4 is 5.32 Å². The number of nitrogens with one attached hydrogen (secondary N) is 1. The van der Waals surface area contributed by atoms with Gasteiger partial charge in [0.15, 0.2) is 0 Å². The van der Waals surface area contributed by atoms with Crippen LogP contribution in [0.5, 0.6) is 0 Å². The van der Waals surface area contributed by atoms with Crippen molar-refractivity contribution >= 4 is 33.4 Å². The van der Waals surface area contributed by atoms with Gasteiger partial charge in [-0.2, -0.15) is 0 Å². The predicted molar refractivity (Wildman–Crippen MR) is 98.1 cm³/mol. The van der Waals surface area contributed by atoms with E-state index in [1.807, 2.05) is 7.05 Å². The van der Waals surface area contributed by atoms with Crippen LogP contribution in [-0.2, 0) is 7.05 Å². The fourth-order valence-electron chi connectivity index (χ4n) is 2.52. The van der Waals surface area contributed by atoms with E-state index in [2.05, 4.69) is 26.2 Å². The minimum atomic E-state index is -0.613. The van der Waals surface area contributed by atoms with Gasteiger partial charge in [-0.3, -0.25) is 4.79 Å². The van der Waals surface area contributed by atoms with Crippen LogP contribution in [0.2, 0.25) is 5.02 Å². The van der Waals surface area contributed by atoms with Crippen LogP contribution >= 0.6 is 27.5 Å². The zero-order valence-electron chi connectivity index (χ0n) is 13.2. The SMILES string of the molecule is Cn1ccnc1C(NC(=O)c1cc(Br)ccc1Cl)c1cccc(F)c1. The Kier molecular flexibility index (Phi) is 5.20. The van der Waals surface area contributed by atoms with Crippen molar-refractivity contribution in [2.45, 2.75) is 6.04 Å². The van der Waals surface area contributed by atoms with Crippen LogP contribution in [0.1, 0.15) is 27.8 Å². The number of rotatable bonds is 4. The van der Waals surface area contributed by atoms with Crippen molar-refractivity contribution in [2.24, 2.45) is 7.05 Å². The van der Waals surface area contributed by atoms with Crippen molar-refractivity contribution in [2.75, 3.05) is 0 Å². The highest BCUT2D eigenvalue weighted by atomic mass is 79.9. The Balaban J connectivity index is 2.00. The van der Waals surface area contributed by atoms with Gasteiger partial charge in [-0.25, -0.2) is 9.37 Å². The summed E-state index contributed by atoms with van der Waals surface area (Å²) in [5, 5.41) is 3.23. The van der Waals surface area contributed by atoms with Gasteiger partial charge in [-0.05, 0) is 35.9 Å². The molecule has 1 N–H and O–H groups in total. The number of halogens is 3. The zero-order valence-corrected chi connectivity index (χ0v) is 15.6. The molecule has 2 aromatic carbocycles. The molecule has 0 aliphatic heterocycles. The van der Waals surface area contributed by atoms with E-state index < -0.39 is 6.04 Å². The van der Waals surface area contributed by atoms with Crippen LogP contribution in [0.15, 0.2) is 59.3 Å². The Morgan fingerprint density at radius 1 is 1.32 bits per heavy atom. The smallest absolute Gasteiger partial charge is 0.253 e. The Morgan fingerprint density at radius 2 is 2.12 bits per heavy atom. The third-order valence-electron chi connectivity index (χ3n) is 3.75. The standard InChI is InChI=1S/C18H14BrClFN3O/c1-24-8-7-22-17(24)16(11-3-2-4-13(21)9-11)23-18(25)14-10-12(19)5-6-15(14)20/h2-10,16H,1H3,(H,23,25). The maximum absolute atomic E-state index is 13.7. The van der Waals surface area contributed by atoms with Crippen molar-refractivity contribution in [1.29, 1.82) is 0 Å². The van der Waals surface area contributed by atoms with Gasteiger partial charge < -0.3 is 9.88 Å². The predicted octanol–water partition coefficient (Wildman–Crippen LogP) is 4.49. The molecule has 3 aromatic rings. The fourth-order valence-corrected chi connectivity index (χ4v) is 3.08. The van der Waals surface area contributed by atoms with Gasteiger partial charge in [-0.1, -0.05) is 39.7 Å². The van der Waals surface area contributed by atoms with Crippen LogP contribution in [0, 0.1) is 5.82 Å². The van der Waals surface area contributed by atoms with E-state index in [1.54, 1.807) is 47.3 Å². The fraction of sp³-hybridized carbons (Fsp3) is 0.111. The molecule has 1 aromatic heterocycles. The molecule has 1 unspecified atom stereocenters. The first-order chi connectivity index (χ1) is 12.0. The molecule has 7 heteroatoms. The lowest BCUT2D eigenvalue weighted by Gasteiger charge is -2.19. The summed E-state index contributed by atoms with van der Waals surface area (Å²) in [5.41, 5.74) is 0.917. The quantitative estimate of drug-likeness (QED) is 0.673. The van der Waals surface area contributed by atoms with E-state index in [4.69, 9.17) is 11.6 Å². The summed E-state index contributed by atoms with van der Waals surface area (Å²) >= 11 is 9.47. The van der Waals surface area contributed by atoms with Crippen molar-refractivity contribution in [3.8, 4) is 0 Å². The van der Waals surface area contributed by atoms with E-state index >= 15 is 0 Å². The second-order valence-electron chi connectivity index (χ2n) is 5.48. The zero-order chi connectivity index (χ0) is 18.0. The first kappa shape index (κ1) is 17.6. The average Bonchev–Trinajstić information content (AvgIpc) is 3.00. The first-order valence-electron chi connectivity index (χ1n) is 7.44. The van der Waals surface area contributed by atoms with E-state index in [0.29, 0.717) is 22.0 Å². The normalized spacial score (nSPS) is 12.0. The molecule has 0 bridgehead atoms. The molecule has 128 valence electrons. The molecule has 1 amide bonds. The molecule has 0 aliphatic carbocycles. The van der Waals surface area contributed by atoms with Gasteiger partial charge in [0.2, 0.25) is 0 Å². The Bertz CT molecular complexity index is 928. The second kappa shape index (κ2) is 7.37. The lowest BCUT2D eigenvalue weighted by atomic mass is 10.0. The molecule has 0 aliphatic rings. The van der Waals surface area contributed by atoms with Crippen LogP contribution in [-0.4, -0.2) is 15.5 Å². The third-order valence-corrected chi connectivity index (χ3v) is 4.57. The highest BCUT2D eigenvalue weighted by Crippen LogP contribution is 2.25. The summed E-state index contributed by atoms with van der Waals surface area (Å²) in [6, 6.07) is 10.5.